The average molecular weight is 540 g/mol. The predicted octanol–water partition coefficient (Wildman–Crippen LogP) is 5.51. The lowest BCUT2D eigenvalue weighted by molar-refractivity contribution is -0.384. The Morgan fingerprint density at radius 1 is 1.16 bits per heavy atom. The molecule has 0 aliphatic carbocycles. The third kappa shape index (κ3) is 6.02. The second kappa shape index (κ2) is 11.1. The number of nitrogens with zero attached hydrogens (tertiary/aromatic N) is 2. The number of carboxylic acid groups (broad SMARTS) is 1. The molecule has 12 heteroatoms. The Balaban J connectivity index is 1.43. The van der Waals surface area contributed by atoms with Gasteiger partial charge in [-0.05, 0) is 47.5 Å². The maximum Gasteiger partial charge on any atom is 0.335 e. The van der Waals surface area contributed by atoms with Crippen LogP contribution < -0.4 is 14.9 Å². The molecule has 2 N–H and O–H groups in total. The molecule has 1 aromatic heterocycles. The van der Waals surface area contributed by atoms with Crippen molar-refractivity contribution in [3.05, 3.63) is 97.4 Å². The fraction of sp³-hybridized carbons (Fsp3) is 0.0800. The topological polar surface area (TPSA) is 140 Å². The van der Waals surface area contributed by atoms with Gasteiger partial charge in [0, 0.05) is 22.2 Å². The number of amides is 1. The number of hydrazone groups is 1. The predicted molar refractivity (Wildman–Crippen MR) is 139 cm³/mol. The van der Waals surface area contributed by atoms with E-state index in [0.29, 0.717) is 27.3 Å². The normalized spacial score (nSPS) is 11.0. The smallest absolute Gasteiger partial charge is 0.335 e. The standard InChI is InChI=1S/C25H18ClN3O7S/c1-35-20-9-15(8-19(26)23(20)36-13-14-2-4-16(5-3-14)25(31)32)12-27-28-24(30)22-11-17-10-18(29(33)34)6-7-21(17)37-22/h2-12H,13H2,1H3,(H,28,30)(H,31,32)/b27-12-. The zero-order valence-corrected chi connectivity index (χ0v) is 20.7. The number of nitro groups is 1. The number of carboxylic acids is 1. The van der Waals surface area contributed by atoms with Gasteiger partial charge in [0.2, 0.25) is 0 Å². The Morgan fingerprint density at radius 2 is 1.92 bits per heavy atom. The number of halogens is 1. The molecule has 37 heavy (non-hydrogen) atoms. The van der Waals surface area contributed by atoms with Gasteiger partial charge in [-0.1, -0.05) is 23.7 Å². The Labute approximate surface area is 218 Å². The first-order valence-electron chi connectivity index (χ1n) is 10.6. The second-order valence-electron chi connectivity index (χ2n) is 7.61. The van der Waals surface area contributed by atoms with E-state index in [9.17, 15) is 19.7 Å². The highest BCUT2D eigenvalue weighted by Crippen LogP contribution is 2.36. The number of hydrogen-bond donors (Lipinski definition) is 2. The molecule has 0 bridgehead atoms. The van der Waals surface area contributed by atoms with Crippen LogP contribution in [0.4, 0.5) is 5.69 Å². The molecule has 0 spiro atoms. The molecule has 0 atom stereocenters. The van der Waals surface area contributed by atoms with Crippen molar-refractivity contribution in [2.45, 2.75) is 6.61 Å². The maximum atomic E-state index is 12.5. The van der Waals surface area contributed by atoms with Gasteiger partial charge in [0.1, 0.15) is 6.61 Å². The van der Waals surface area contributed by atoms with Crippen molar-refractivity contribution in [1.82, 2.24) is 5.43 Å². The molecule has 4 rings (SSSR count). The number of carbonyl (C=O) groups is 2. The molecule has 0 saturated heterocycles. The SMILES string of the molecule is COc1cc(/C=N\NC(=O)c2cc3cc([N+](=O)[O-])ccc3s2)cc(Cl)c1OCc1ccc(C(=O)O)cc1. The summed E-state index contributed by atoms with van der Waals surface area (Å²) in [5.41, 5.74) is 3.83. The summed E-state index contributed by atoms with van der Waals surface area (Å²) in [7, 11) is 1.45. The summed E-state index contributed by atoms with van der Waals surface area (Å²) in [5.74, 6) is -0.840. The zero-order chi connectivity index (χ0) is 26.5. The lowest BCUT2D eigenvalue weighted by Crippen LogP contribution is -2.16. The van der Waals surface area contributed by atoms with E-state index in [1.807, 2.05) is 0 Å². The molecular formula is C25H18ClN3O7S. The van der Waals surface area contributed by atoms with E-state index in [1.54, 1.807) is 36.4 Å². The van der Waals surface area contributed by atoms with Gasteiger partial charge in [-0.15, -0.1) is 11.3 Å². The number of benzene rings is 3. The van der Waals surface area contributed by atoms with Gasteiger partial charge in [0.15, 0.2) is 11.5 Å². The van der Waals surface area contributed by atoms with Crippen LogP contribution in [0.3, 0.4) is 0 Å². The van der Waals surface area contributed by atoms with E-state index in [1.165, 1.54) is 48.9 Å². The highest BCUT2D eigenvalue weighted by atomic mass is 35.5. The molecule has 1 heterocycles. The van der Waals surface area contributed by atoms with Gasteiger partial charge in [0.25, 0.3) is 11.6 Å². The Bertz CT molecular complexity index is 1530. The molecule has 0 radical (unpaired) electrons. The number of nitrogens with one attached hydrogen (secondary N) is 1. The zero-order valence-electron chi connectivity index (χ0n) is 19.1. The quantitative estimate of drug-likeness (QED) is 0.162. The van der Waals surface area contributed by atoms with Crippen LogP contribution in [-0.4, -0.2) is 35.2 Å². The molecule has 0 fully saturated rings. The van der Waals surface area contributed by atoms with E-state index in [4.69, 9.17) is 26.2 Å². The van der Waals surface area contributed by atoms with Crippen molar-refractivity contribution in [3.8, 4) is 11.5 Å². The minimum absolute atomic E-state index is 0.0513. The first kappa shape index (κ1) is 25.6. The number of hydrogen-bond acceptors (Lipinski definition) is 8. The van der Waals surface area contributed by atoms with Crippen molar-refractivity contribution < 1.29 is 29.1 Å². The monoisotopic (exact) mass is 539 g/mol. The Kier molecular flexibility index (Phi) is 7.66. The third-order valence-electron chi connectivity index (χ3n) is 5.15. The fourth-order valence-electron chi connectivity index (χ4n) is 3.33. The van der Waals surface area contributed by atoms with Gasteiger partial charge in [-0.3, -0.25) is 14.9 Å². The van der Waals surface area contributed by atoms with E-state index >= 15 is 0 Å². The van der Waals surface area contributed by atoms with Gasteiger partial charge >= 0.3 is 5.97 Å². The molecule has 0 unspecified atom stereocenters. The first-order valence-corrected chi connectivity index (χ1v) is 11.8. The van der Waals surface area contributed by atoms with Crippen LogP contribution in [-0.2, 0) is 6.61 Å². The second-order valence-corrected chi connectivity index (χ2v) is 9.10. The van der Waals surface area contributed by atoms with Gasteiger partial charge in [-0.2, -0.15) is 5.10 Å². The number of rotatable bonds is 9. The number of thiophene rings is 1. The number of carbonyl (C=O) groups excluding carboxylic acids is 1. The van der Waals surface area contributed by atoms with Crippen molar-refractivity contribution in [1.29, 1.82) is 0 Å². The van der Waals surface area contributed by atoms with E-state index in [-0.39, 0.29) is 22.9 Å². The minimum Gasteiger partial charge on any atom is -0.493 e. The highest BCUT2D eigenvalue weighted by molar-refractivity contribution is 7.20. The lowest BCUT2D eigenvalue weighted by atomic mass is 10.1. The van der Waals surface area contributed by atoms with Crippen LogP contribution in [0.1, 0.15) is 31.2 Å². The molecule has 0 aliphatic heterocycles. The molecule has 3 aromatic carbocycles. The van der Waals surface area contributed by atoms with Gasteiger partial charge < -0.3 is 14.6 Å². The molecule has 4 aromatic rings. The molecule has 0 saturated carbocycles. The maximum absolute atomic E-state index is 12.5. The fourth-order valence-corrected chi connectivity index (χ4v) is 4.54. The highest BCUT2D eigenvalue weighted by Gasteiger charge is 2.14. The number of nitro benzene ring substituents is 1. The van der Waals surface area contributed by atoms with Crippen LogP contribution in [0.15, 0.2) is 65.8 Å². The number of ether oxygens (including phenoxy) is 2. The number of non-ortho nitro benzene ring substituents is 1. The largest absolute Gasteiger partial charge is 0.493 e. The van der Waals surface area contributed by atoms with E-state index < -0.39 is 16.8 Å². The minimum atomic E-state index is -1.01. The van der Waals surface area contributed by atoms with Crippen molar-refractivity contribution in [2.75, 3.05) is 7.11 Å². The Hall–Kier alpha value is -4.48. The van der Waals surface area contributed by atoms with Crippen molar-refractivity contribution in [3.63, 3.8) is 0 Å². The third-order valence-corrected chi connectivity index (χ3v) is 6.55. The van der Waals surface area contributed by atoms with Gasteiger partial charge in [0.05, 0.1) is 33.7 Å². The Morgan fingerprint density at radius 3 is 2.59 bits per heavy atom. The van der Waals surface area contributed by atoms with Crippen molar-refractivity contribution in [2.24, 2.45) is 5.10 Å². The molecule has 188 valence electrons. The van der Waals surface area contributed by atoms with Crippen LogP contribution in [0.5, 0.6) is 11.5 Å². The van der Waals surface area contributed by atoms with Crippen LogP contribution in [0, 0.1) is 10.1 Å². The van der Waals surface area contributed by atoms with Gasteiger partial charge in [-0.25, -0.2) is 10.2 Å². The molecule has 10 nitrogen and oxygen atoms in total. The van der Waals surface area contributed by atoms with Crippen LogP contribution >= 0.6 is 22.9 Å². The number of fused-ring (bicyclic) bond motifs is 1. The average Bonchev–Trinajstić information content (AvgIpc) is 3.31. The molecular weight excluding hydrogens is 522 g/mol. The summed E-state index contributed by atoms with van der Waals surface area (Å²) in [6, 6.07) is 15.4. The number of aromatic carboxylic acids is 1. The van der Waals surface area contributed by atoms with E-state index in [0.717, 1.165) is 10.3 Å². The summed E-state index contributed by atoms with van der Waals surface area (Å²) in [6.45, 7) is 0.137. The molecule has 1 amide bonds. The summed E-state index contributed by atoms with van der Waals surface area (Å²) in [6.07, 6.45) is 1.39. The lowest BCUT2D eigenvalue weighted by Gasteiger charge is -2.13. The summed E-state index contributed by atoms with van der Waals surface area (Å²) in [5, 5.41) is 24.8. The van der Waals surface area contributed by atoms with Crippen LogP contribution in [0.25, 0.3) is 10.1 Å². The number of methoxy groups -OCH3 is 1. The summed E-state index contributed by atoms with van der Waals surface area (Å²) >= 11 is 7.58. The first-order chi connectivity index (χ1) is 17.7. The summed E-state index contributed by atoms with van der Waals surface area (Å²) in [4.78, 5) is 34.3. The van der Waals surface area contributed by atoms with E-state index in [2.05, 4.69) is 10.5 Å². The molecule has 0 aliphatic rings. The summed E-state index contributed by atoms with van der Waals surface area (Å²) < 4.78 is 11.9. The van der Waals surface area contributed by atoms with Crippen molar-refractivity contribution >= 4 is 56.8 Å². The van der Waals surface area contributed by atoms with Crippen LogP contribution in [0.2, 0.25) is 5.02 Å².